The molecule has 1 fully saturated rings. The molecule has 0 bridgehead atoms. The molecule has 2 heterocycles. The van der Waals surface area contributed by atoms with E-state index in [9.17, 15) is 9.18 Å². The van der Waals surface area contributed by atoms with Gasteiger partial charge in [0.2, 0.25) is 5.95 Å². The highest BCUT2D eigenvalue weighted by Gasteiger charge is 2.35. The second-order valence-corrected chi connectivity index (χ2v) is 9.06. The zero-order valence-corrected chi connectivity index (χ0v) is 17.8. The Morgan fingerprint density at radius 2 is 2.03 bits per heavy atom. The maximum atomic E-state index is 13.9. The summed E-state index contributed by atoms with van der Waals surface area (Å²) in [7, 11) is 0. The van der Waals surface area contributed by atoms with Crippen LogP contribution >= 0.6 is 0 Å². The van der Waals surface area contributed by atoms with Crippen molar-refractivity contribution in [1.82, 2.24) is 15.3 Å². The fraction of sp³-hybridized carbons (Fsp3) is 0.522. The van der Waals surface area contributed by atoms with E-state index in [1.807, 2.05) is 6.20 Å². The Bertz CT molecular complexity index is 927. The number of benzene rings is 1. The highest BCUT2D eigenvalue weighted by atomic mass is 19.1. The van der Waals surface area contributed by atoms with E-state index < -0.39 is 11.9 Å². The van der Waals surface area contributed by atoms with E-state index in [1.165, 1.54) is 25.0 Å². The van der Waals surface area contributed by atoms with Gasteiger partial charge in [-0.1, -0.05) is 26.0 Å². The predicted molar refractivity (Wildman–Crippen MR) is 113 cm³/mol. The van der Waals surface area contributed by atoms with E-state index in [1.54, 1.807) is 19.1 Å². The fourth-order valence-electron chi connectivity index (χ4n) is 4.31. The second kappa shape index (κ2) is 8.20. The van der Waals surface area contributed by atoms with Crippen LogP contribution in [0.3, 0.4) is 0 Å². The number of anilines is 1. The molecule has 6 nitrogen and oxygen atoms in total. The van der Waals surface area contributed by atoms with Crippen LogP contribution in [0, 0.1) is 11.2 Å². The van der Waals surface area contributed by atoms with Crippen molar-refractivity contribution in [2.24, 2.45) is 5.41 Å². The molecular formula is C23H29FN4O2. The van der Waals surface area contributed by atoms with Crippen molar-refractivity contribution >= 4 is 11.9 Å². The fourth-order valence-corrected chi connectivity index (χ4v) is 4.31. The Balaban J connectivity index is 1.51. The highest BCUT2D eigenvalue weighted by Crippen LogP contribution is 2.40. The number of amides is 1. The molecule has 1 aliphatic heterocycles. The van der Waals surface area contributed by atoms with Crippen molar-refractivity contribution < 1.29 is 13.9 Å². The van der Waals surface area contributed by atoms with E-state index >= 15 is 0 Å². The average molecular weight is 413 g/mol. The number of nitrogens with one attached hydrogen (secondary N) is 1. The first-order valence-electron chi connectivity index (χ1n) is 10.6. The average Bonchev–Trinajstić information content (AvgIpc) is 3.23. The van der Waals surface area contributed by atoms with Crippen LogP contribution in [-0.2, 0) is 11.2 Å². The predicted octanol–water partition coefficient (Wildman–Crippen LogP) is 3.81. The molecule has 4 rings (SSSR count). The maximum Gasteiger partial charge on any atom is 0.261 e. The van der Waals surface area contributed by atoms with Crippen LogP contribution in [0.15, 0.2) is 30.5 Å². The van der Waals surface area contributed by atoms with Gasteiger partial charge in [-0.15, -0.1) is 0 Å². The van der Waals surface area contributed by atoms with Crippen molar-refractivity contribution in [3.63, 3.8) is 0 Å². The minimum Gasteiger partial charge on any atom is -0.478 e. The SMILES string of the molecule is CC(Oc1ccccc1F)C(=O)NC1CC(C)(C)Cc2nc(N3CCCC3)ncc21. The van der Waals surface area contributed by atoms with Crippen molar-refractivity contribution in [3.8, 4) is 5.75 Å². The van der Waals surface area contributed by atoms with Gasteiger partial charge in [-0.05, 0) is 50.2 Å². The van der Waals surface area contributed by atoms with Crippen molar-refractivity contribution in [3.05, 3.63) is 47.5 Å². The number of carbonyl (C=O) groups excluding carboxylic acids is 1. The number of hydrogen-bond donors (Lipinski definition) is 1. The monoisotopic (exact) mass is 412 g/mol. The van der Waals surface area contributed by atoms with Crippen LogP contribution < -0.4 is 15.0 Å². The molecule has 1 saturated heterocycles. The normalized spacial score (nSPS) is 21.1. The van der Waals surface area contributed by atoms with Gasteiger partial charge in [0.25, 0.3) is 5.91 Å². The van der Waals surface area contributed by atoms with Crippen LogP contribution in [0.1, 0.15) is 57.3 Å². The molecule has 2 atom stereocenters. The minimum absolute atomic E-state index is 0.00277. The number of rotatable bonds is 5. The molecule has 2 aliphatic rings. The highest BCUT2D eigenvalue weighted by molar-refractivity contribution is 5.81. The third-order valence-electron chi connectivity index (χ3n) is 5.88. The van der Waals surface area contributed by atoms with Gasteiger partial charge in [0.15, 0.2) is 17.7 Å². The lowest BCUT2D eigenvalue weighted by Crippen LogP contribution is -2.42. The number of halogens is 1. The molecule has 1 aromatic carbocycles. The molecule has 0 saturated carbocycles. The second-order valence-electron chi connectivity index (χ2n) is 9.06. The van der Waals surface area contributed by atoms with E-state index in [0.29, 0.717) is 0 Å². The zero-order chi connectivity index (χ0) is 21.3. The summed E-state index contributed by atoms with van der Waals surface area (Å²) in [6, 6.07) is 5.90. The molecule has 1 N–H and O–H groups in total. The number of carbonyl (C=O) groups is 1. The summed E-state index contributed by atoms with van der Waals surface area (Å²) in [6.07, 6.45) is 5.01. The lowest BCUT2D eigenvalue weighted by molar-refractivity contribution is -0.128. The summed E-state index contributed by atoms with van der Waals surface area (Å²) in [5.41, 5.74) is 1.96. The summed E-state index contributed by atoms with van der Waals surface area (Å²) in [6.45, 7) is 7.99. The van der Waals surface area contributed by atoms with Gasteiger partial charge in [0.05, 0.1) is 11.7 Å². The smallest absolute Gasteiger partial charge is 0.261 e. The van der Waals surface area contributed by atoms with Crippen molar-refractivity contribution in [1.29, 1.82) is 0 Å². The molecule has 2 unspecified atom stereocenters. The van der Waals surface area contributed by atoms with Gasteiger partial charge >= 0.3 is 0 Å². The van der Waals surface area contributed by atoms with Crippen LogP contribution in [0.25, 0.3) is 0 Å². The van der Waals surface area contributed by atoms with Crippen LogP contribution in [-0.4, -0.2) is 35.1 Å². The third-order valence-corrected chi connectivity index (χ3v) is 5.88. The van der Waals surface area contributed by atoms with Gasteiger partial charge in [0.1, 0.15) is 0 Å². The van der Waals surface area contributed by atoms with E-state index in [2.05, 4.69) is 29.0 Å². The topological polar surface area (TPSA) is 67.3 Å². The molecule has 0 spiro atoms. The number of ether oxygens (including phenoxy) is 1. The van der Waals surface area contributed by atoms with Gasteiger partial charge < -0.3 is 15.0 Å². The molecular weight excluding hydrogens is 383 g/mol. The summed E-state index contributed by atoms with van der Waals surface area (Å²) >= 11 is 0. The summed E-state index contributed by atoms with van der Waals surface area (Å²) in [4.78, 5) is 24.5. The number of fused-ring (bicyclic) bond motifs is 1. The van der Waals surface area contributed by atoms with Crippen LogP contribution in [0.4, 0.5) is 10.3 Å². The molecule has 1 amide bonds. The lowest BCUT2D eigenvalue weighted by atomic mass is 9.74. The molecule has 2 aromatic rings. The Morgan fingerprint density at radius 1 is 1.30 bits per heavy atom. The number of nitrogens with zero attached hydrogens (tertiary/aromatic N) is 3. The number of hydrogen-bond acceptors (Lipinski definition) is 5. The van der Waals surface area contributed by atoms with Crippen molar-refractivity contribution in [2.45, 2.75) is 58.6 Å². The Kier molecular flexibility index (Phi) is 5.62. The molecule has 1 aromatic heterocycles. The first-order chi connectivity index (χ1) is 14.3. The van der Waals surface area contributed by atoms with Gasteiger partial charge in [-0.25, -0.2) is 14.4 Å². The Labute approximate surface area is 176 Å². The summed E-state index contributed by atoms with van der Waals surface area (Å²) < 4.78 is 19.4. The van der Waals surface area contributed by atoms with Crippen LogP contribution in [0.5, 0.6) is 5.75 Å². The molecule has 1 aliphatic carbocycles. The minimum atomic E-state index is -0.819. The van der Waals surface area contributed by atoms with Crippen molar-refractivity contribution in [2.75, 3.05) is 18.0 Å². The maximum absolute atomic E-state index is 13.9. The number of aromatic nitrogens is 2. The van der Waals surface area contributed by atoms with Crippen LogP contribution in [0.2, 0.25) is 0 Å². The number of para-hydroxylation sites is 1. The quantitative estimate of drug-likeness (QED) is 0.809. The van der Waals surface area contributed by atoms with E-state index in [0.717, 1.165) is 43.1 Å². The van der Waals surface area contributed by atoms with Gasteiger partial charge in [-0.3, -0.25) is 4.79 Å². The summed E-state index contributed by atoms with van der Waals surface area (Å²) in [5, 5.41) is 3.08. The lowest BCUT2D eigenvalue weighted by Gasteiger charge is -2.37. The largest absolute Gasteiger partial charge is 0.478 e. The third kappa shape index (κ3) is 4.40. The molecule has 0 radical (unpaired) electrons. The first-order valence-corrected chi connectivity index (χ1v) is 10.6. The van der Waals surface area contributed by atoms with Gasteiger partial charge in [-0.2, -0.15) is 0 Å². The van der Waals surface area contributed by atoms with E-state index in [-0.39, 0.29) is 23.1 Å². The zero-order valence-electron chi connectivity index (χ0n) is 17.8. The van der Waals surface area contributed by atoms with E-state index in [4.69, 9.17) is 9.72 Å². The standard InChI is InChI=1S/C23H29FN4O2/c1-15(30-20-9-5-4-8-17(20)24)21(29)26-18-12-23(2,3)13-19-16(18)14-25-22(27-19)28-10-6-7-11-28/h4-5,8-9,14-15,18H,6-7,10-13H2,1-3H3,(H,26,29). The summed E-state index contributed by atoms with van der Waals surface area (Å²) in [5.74, 6) is 0.0908. The molecule has 160 valence electrons. The molecule has 30 heavy (non-hydrogen) atoms. The Hall–Kier alpha value is -2.70. The first kappa shape index (κ1) is 20.6. The molecule has 7 heteroatoms. The Morgan fingerprint density at radius 3 is 2.77 bits per heavy atom. The van der Waals surface area contributed by atoms with Gasteiger partial charge in [0, 0.05) is 24.8 Å².